The van der Waals surface area contributed by atoms with E-state index in [0.717, 1.165) is 47.2 Å². The number of nitrogens with two attached hydrogens (primary N) is 1. The molecular formula is C21H32N6OSi. The van der Waals surface area contributed by atoms with E-state index in [9.17, 15) is 0 Å². The summed E-state index contributed by atoms with van der Waals surface area (Å²) in [6, 6.07) is 5.02. The highest BCUT2D eigenvalue weighted by atomic mass is 28.3. The zero-order chi connectivity index (χ0) is 21.0. The van der Waals surface area contributed by atoms with E-state index in [-0.39, 0.29) is 5.95 Å². The van der Waals surface area contributed by atoms with Crippen molar-refractivity contribution in [2.24, 2.45) is 5.92 Å². The number of hydrogen-bond acceptors (Lipinski definition) is 6. The number of pyridine rings is 1. The smallest absolute Gasteiger partial charge is 0.220 e. The van der Waals surface area contributed by atoms with Gasteiger partial charge in [0, 0.05) is 51.1 Å². The van der Waals surface area contributed by atoms with E-state index in [1.807, 2.05) is 22.9 Å². The number of hydrogen-bond donors (Lipinski definition) is 2. The summed E-state index contributed by atoms with van der Waals surface area (Å²) in [4.78, 5) is 13.1. The van der Waals surface area contributed by atoms with Gasteiger partial charge in [0.25, 0.3) is 0 Å². The summed E-state index contributed by atoms with van der Waals surface area (Å²) in [5, 5.41) is 4.58. The zero-order valence-electron chi connectivity index (χ0n) is 18.1. The minimum Gasteiger partial charge on any atom is -0.384 e. The maximum Gasteiger partial charge on any atom is 0.220 e. The molecule has 0 aliphatic rings. The largest absolute Gasteiger partial charge is 0.384 e. The number of fused-ring (bicyclic) bond motifs is 1. The average Bonchev–Trinajstić information content (AvgIpc) is 3.02. The van der Waals surface area contributed by atoms with Crippen LogP contribution in [0.25, 0.3) is 22.3 Å². The van der Waals surface area contributed by atoms with Crippen LogP contribution in [-0.2, 0) is 11.5 Å². The Morgan fingerprint density at radius 3 is 2.62 bits per heavy atom. The first-order valence-corrected chi connectivity index (χ1v) is 13.8. The lowest BCUT2D eigenvalue weighted by Crippen LogP contribution is -2.22. The first-order valence-electron chi connectivity index (χ1n) is 10.1. The van der Waals surface area contributed by atoms with Crippen LogP contribution >= 0.6 is 0 Å². The molecule has 3 aromatic rings. The predicted molar refractivity (Wildman–Crippen MR) is 123 cm³/mol. The minimum atomic E-state index is -1.12. The molecule has 0 aliphatic carbocycles. The number of nitrogens with zero attached hydrogens (tertiary/aromatic N) is 4. The summed E-state index contributed by atoms with van der Waals surface area (Å²) in [7, 11) is -1.12. The van der Waals surface area contributed by atoms with E-state index < -0.39 is 8.07 Å². The lowest BCUT2D eigenvalue weighted by molar-refractivity contribution is 0.0899. The fourth-order valence-corrected chi connectivity index (χ4v) is 3.79. The van der Waals surface area contributed by atoms with Crippen LogP contribution < -0.4 is 11.1 Å². The Morgan fingerprint density at radius 1 is 1.17 bits per heavy atom. The Morgan fingerprint density at radius 2 is 1.93 bits per heavy atom. The molecule has 0 bridgehead atoms. The van der Waals surface area contributed by atoms with Gasteiger partial charge in [0.1, 0.15) is 12.4 Å². The summed E-state index contributed by atoms with van der Waals surface area (Å²) in [5.41, 5.74) is 9.51. The van der Waals surface area contributed by atoms with Crippen molar-refractivity contribution in [3.63, 3.8) is 0 Å². The fraction of sp³-hybridized carbons (Fsp3) is 0.476. The summed E-state index contributed by atoms with van der Waals surface area (Å²) < 4.78 is 8.04. The average molecular weight is 413 g/mol. The SMILES string of the molecule is CC(C)CNc1ccnc2c1c(-c1ccnc(N)n1)cn2COCC[Si](C)(C)C. The maximum absolute atomic E-state index is 5.99. The number of rotatable bonds is 9. The Hall–Kier alpha value is -2.45. The molecule has 0 saturated carbocycles. The maximum atomic E-state index is 5.99. The fourth-order valence-electron chi connectivity index (χ4n) is 3.03. The van der Waals surface area contributed by atoms with Gasteiger partial charge in [-0.05, 0) is 24.1 Å². The van der Waals surface area contributed by atoms with Crippen LogP contribution in [0, 0.1) is 5.92 Å². The third kappa shape index (κ3) is 5.54. The van der Waals surface area contributed by atoms with Gasteiger partial charge in [0.05, 0.1) is 11.1 Å². The second-order valence-corrected chi connectivity index (χ2v) is 14.6. The Balaban J connectivity index is 1.98. The topological polar surface area (TPSA) is 90.9 Å². The molecule has 3 heterocycles. The van der Waals surface area contributed by atoms with Crippen LogP contribution in [0.2, 0.25) is 25.7 Å². The van der Waals surface area contributed by atoms with Crippen LogP contribution in [0.1, 0.15) is 13.8 Å². The van der Waals surface area contributed by atoms with Gasteiger partial charge < -0.3 is 20.4 Å². The van der Waals surface area contributed by atoms with Crippen LogP contribution in [0.5, 0.6) is 0 Å². The van der Waals surface area contributed by atoms with Crippen molar-refractivity contribution in [2.45, 2.75) is 46.3 Å². The van der Waals surface area contributed by atoms with Gasteiger partial charge in [-0.2, -0.15) is 0 Å². The summed E-state index contributed by atoms with van der Waals surface area (Å²) in [6.45, 7) is 13.5. The molecule has 156 valence electrons. The molecule has 29 heavy (non-hydrogen) atoms. The summed E-state index contributed by atoms with van der Waals surface area (Å²) in [5.74, 6) is 0.790. The van der Waals surface area contributed by atoms with E-state index in [1.54, 1.807) is 6.20 Å². The van der Waals surface area contributed by atoms with Gasteiger partial charge in [-0.3, -0.25) is 0 Å². The molecule has 3 N–H and O–H groups in total. The van der Waals surface area contributed by atoms with Crippen LogP contribution in [0.4, 0.5) is 11.6 Å². The third-order valence-corrected chi connectivity index (χ3v) is 6.34. The highest BCUT2D eigenvalue weighted by molar-refractivity contribution is 6.76. The molecular weight excluding hydrogens is 380 g/mol. The van der Waals surface area contributed by atoms with Crippen molar-refractivity contribution >= 4 is 30.7 Å². The lowest BCUT2D eigenvalue weighted by Gasteiger charge is -2.15. The molecule has 0 aromatic carbocycles. The van der Waals surface area contributed by atoms with Crippen LogP contribution in [-0.4, -0.2) is 40.7 Å². The number of nitrogens with one attached hydrogen (secondary N) is 1. The van der Waals surface area contributed by atoms with Crippen molar-refractivity contribution in [3.8, 4) is 11.3 Å². The molecule has 0 spiro atoms. The van der Waals surface area contributed by atoms with Crippen molar-refractivity contribution in [1.82, 2.24) is 19.5 Å². The molecule has 0 saturated heterocycles. The van der Waals surface area contributed by atoms with E-state index in [0.29, 0.717) is 12.6 Å². The third-order valence-electron chi connectivity index (χ3n) is 4.63. The molecule has 7 nitrogen and oxygen atoms in total. The molecule has 8 heteroatoms. The molecule has 0 unspecified atom stereocenters. The number of aromatic nitrogens is 4. The molecule has 3 rings (SSSR count). The van der Waals surface area contributed by atoms with Gasteiger partial charge in [-0.1, -0.05) is 33.5 Å². The van der Waals surface area contributed by atoms with E-state index in [1.165, 1.54) is 0 Å². The van der Waals surface area contributed by atoms with Crippen LogP contribution in [0.15, 0.2) is 30.7 Å². The molecule has 0 amide bonds. The zero-order valence-corrected chi connectivity index (χ0v) is 19.1. The highest BCUT2D eigenvalue weighted by Crippen LogP contribution is 2.34. The number of ether oxygens (including phenoxy) is 1. The summed E-state index contributed by atoms with van der Waals surface area (Å²) >= 11 is 0. The standard InChI is InChI=1S/C21H32N6OSi/c1-15(2)12-25-18-7-8-23-20-19(18)16(17-6-9-24-21(22)26-17)13-27(20)14-28-10-11-29(3,4)5/h6-9,13,15H,10-12,14H2,1-5H3,(H,23,25)(H2,22,24,26). The quantitative estimate of drug-likeness (QED) is 0.398. The number of anilines is 2. The predicted octanol–water partition coefficient (Wildman–Crippen LogP) is 4.46. The van der Waals surface area contributed by atoms with E-state index in [2.05, 4.69) is 60.0 Å². The van der Waals surface area contributed by atoms with Crippen molar-refractivity contribution in [3.05, 3.63) is 30.7 Å². The minimum absolute atomic E-state index is 0.260. The Kier molecular flexibility index (Phi) is 6.54. The molecule has 0 fully saturated rings. The first-order chi connectivity index (χ1) is 13.7. The van der Waals surface area contributed by atoms with E-state index >= 15 is 0 Å². The monoisotopic (exact) mass is 412 g/mol. The van der Waals surface area contributed by atoms with Crippen molar-refractivity contribution in [2.75, 3.05) is 24.2 Å². The molecule has 0 radical (unpaired) electrons. The van der Waals surface area contributed by atoms with Gasteiger partial charge in [0.2, 0.25) is 5.95 Å². The van der Waals surface area contributed by atoms with Gasteiger partial charge in [0.15, 0.2) is 0 Å². The van der Waals surface area contributed by atoms with Gasteiger partial charge >= 0.3 is 0 Å². The highest BCUT2D eigenvalue weighted by Gasteiger charge is 2.17. The van der Waals surface area contributed by atoms with E-state index in [4.69, 9.17) is 10.5 Å². The van der Waals surface area contributed by atoms with Gasteiger partial charge in [-0.15, -0.1) is 0 Å². The lowest BCUT2D eigenvalue weighted by atomic mass is 10.1. The van der Waals surface area contributed by atoms with Crippen LogP contribution in [0.3, 0.4) is 0 Å². The molecule has 3 aromatic heterocycles. The second-order valence-electron chi connectivity index (χ2n) is 8.99. The Bertz CT molecular complexity index is 963. The van der Waals surface area contributed by atoms with Crippen molar-refractivity contribution < 1.29 is 4.74 Å². The molecule has 0 aliphatic heterocycles. The first kappa shape index (κ1) is 21.3. The molecule has 0 atom stereocenters. The van der Waals surface area contributed by atoms with Gasteiger partial charge in [-0.25, -0.2) is 15.0 Å². The normalized spacial score (nSPS) is 12.1. The second kappa shape index (κ2) is 8.92. The Labute approximate surface area is 173 Å². The number of nitrogen functional groups attached to an aromatic ring is 1. The van der Waals surface area contributed by atoms with Crippen molar-refractivity contribution in [1.29, 1.82) is 0 Å². The summed E-state index contributed by atoms with van der Waals surface area (Å²) in [6.07, 6.45) is 5.57.